The molecule has 2 aliphatic rings. The van der Waals surface area contributed by atoms with Crippen LogP contribution in [0.4, 0.5) is 4.39 Å². The van der Waals surface area contributed by atoms with Gasteiger partial charge in [-0.25, -0.2) is 4.39 Å². The molecule has 3 rings (SSSR count). The van der Waals surface area contributed by atoms with Gasteiger partial charge in [0.1, 0.15) is 5.82 Å². The molecule has 5 nitrogen and oxygen atoms in total. The van der Waals surface area contributed by atoms with Gasteiger partial charge in [-0.3, -0.25) is 9.59 Å². The lowest BCUT2D eigenvalue weighted by Gasteiger charge is -2.36. The van der Waals surface area contributed by atoms with Crippen LogP contribution in [0, 0.1) is 17.7 Å². The fourth-order valence-electron chi connectivity index (χ4n) is 3.91. The van der Waals surface area contributed by atoms with Gasteiger partial charge in [-0.05, 0) is 56.8 Å². The van der Waals surface area contributed by atoms with Crippen LogP contribution >= 0.6 is 12.4 Å². The molecule has 150 valence electrons. The predicted octanol–water partition coefficient (Wildman–Crippen LogP) is 2.49. The third kappa shape index (κ3) is 5.91. The van der Waals surface area contributed by atoms with Crippen molar-refractivity contribution >= 4 is 24.2 Å². The number of carbonyl (C=O) groups is 2. The van der Waals surface area contributed by atoms with Crippen LogP contribution in [0.5, 0.6) is 0 Å². The molecule has 1 aromatic carbocycles. The summed E-state index contributed by atoms with van der Waals surface area (Å²) in [6.45, 7) is 4.75. The second-order valence-corrected chi connectivity index (χ2v) is 7.52. The summed E-state index contributed by atoms with van der Waals surface area (Å²) in [5, 5.41) is 6.31. The van der Waals surface area contributed by atoms with Crippen molar-refractivity contribution in [2.75, 3.05) is 19.6 Å². The van der Waals surface area contributed by atoms with Crippen molar-refractivity contribution in [2.45, 2.75) is 45.2 Å². The number of halogens is 2. The molecule has 2 saturated heterocycles. The van der Waals surface area contributed by atoms with Crippen molar-refractivity contribution in [3.05, 3.63) is 35.6 Å². The van der Waals surface area contributed by atoms with Crippen molar-refractivity contribution in [3.63, 3.8) is 0 Å². The van der Waals surface area contributed by atoms with Crippen LogP contribution in [0.3, 0.4) is 0 Å². The quantitative estimate of drug-likeness (QED) is 0.820. The van der Waals surface area contributed by atoms with E-state index in [2.05, 4.69) is 17.6 Å². The molecule has 0 unspecified atom stereocenters. The lowest BCUT2D eigenvalue weighted by molar-refractivity contribution is -0.140. The van der Waals surface area contributed by atoms with Crippen LogP contribution in [0.25, 0.3) is 0 Å². The Kier molecular flexibility index (Phi) is 8.05. The minimum Gasteiger partial charge on any atom is -0.352 e. The Balaban J connectivity index is 0.00000261. The zero-order chi connectivity index (χ0) is 18.5. The Morgan fingerprint density at radius 2 is 1.81 bits per heavy atom. The van der Waals surface area contributed by atoms with Crippen molar-refractivity contribution in [3.8, 4) is 0 Å². The molecule has 2 amide bonds. The van der Waals surface area contributed by atoms with Gasteiger partial charge in [-0.15, -0.1) is 12.4 Å². The normalized spacial score (nSPS) is 23.4. The average Bonchev–Trinajstić information content (AvgIpc) is 2.67. The van der Waals surface area contributed by atoms with Gasteiger partial charge in [0, 0.05) is 37.5 Å². The summed E-state index contributed by atoms with van der Waals surface area (Å²) in [6.07, 6.45) is 3.22. The van der Waals surface area contributed by atoms with Crippen molar-refractivity contribution < 1.29 is 14.0 Å². The molecule has 2 fully saturated rings. The number of nitrogens with one attached hydrogen (secondary N) is 2. The highest BCUT2D eigenvalue weighted by Gasteiger charge is 2.32. The first-order valence-electron chi connectivity index (χ1n) is 9.57. The maximum atomic E-state index is 12.9. The van der Waals surface area contributed by atoms with E-state index in [-0.39, 0.29) is 41.9 Å². The number of carbonyl (C=O) groups excluding carboxylic acids is 2. The lowest BCUT2D eigenvalue weighted by Crippen LogP contribution is -2.48. The summed E-state index contributed by atoms with van der Waals surface area (Å²) in [6, 6.07) is 6.54. The van der Waals surface area contributed by atoms with Crippen LogP contribution in [-0.4, -0.2) is 42.4 Å². The summed E-state index contributed by atoms with van der Waals surface area (Å²) in [5.41, 5.74) is 0.882. The summed E-state index contributed by atoms with van der Waals surface area (Å²) in [5.74, 6) is 0.0715. The minimum absolute atomic E-state index is 0. The lowest BCUT2D eigenvalue weighted by atomic mass is 9.90. The molecule has 2 aliphatic heterocycles. The van der Waals surface area contributed by atoms with Crippen LogP contribution in [0.1, 0.15) is 38.2 Å². The topological polar surface area (TPSA) is 61.4 Å². The first-order valence-corrected chi connectivity index (χ1v) is 9.57. The van der Waals surface area contributed by atoms with Crippen molar-refractivity contribution in [1.29, 1.82) is 0 Å². The fraction of sp³-hybridized carbons (Fsp3) is 0.600. The summed E-state index contributed by atoms with van der Waals surface area (Å²) >= 11 is 0. The highest BCUT2D eigenvalue weighted by Crippen LogP contribution is 2.23. The van der Waals surface area contributed by atoms with E-state index >= 15 is 0 Å². The summed E-state index contributed by atoms with van der Waals surface area (Å²) in [4.78, 5) is 27.0. The molecule has 2 atom stereocenters. The molecule has 27 heavy (non-hydrogen) atoms. The van der Waals surface area contributed by atoms with E-state index in [0.717, 1.165) is 24.9 Å². The number of hydrogen-bond acceptors (Lipinski definition) is 3. The predicted molar refractivity (Wildman–Crippen MR) is 105 cm³/mol. The molecule has 7 heteroatoms. The van der Waals surface area contributed by atoms with E-state index in [4.69, 9.17) is 0 Å². The van der Waals surface area contributed by atoms with Crippen molar-refractivity contribution in [2.24, 2.45) is 11.8 Å². The number of nitrogens with zero attached hydrogens (tertiary/aromatic N) is 1. The fourth-order valence-corrected chi connectivity index (χ4v) is 3.91. The van der Waals surface area contributed by atoms with E-state index in [9.17, 15) is 14.0 Å². The first-order chi connectivity index (χ1) is 12.5. The number of amides is 2. The van der Waals surface area contributed by atoms with Gasteiger partial charge in [-0.1, -0.05) is 12.1 Å². The van der Waals surface area contributed by atoms with Gasteiger partial charge in [0.15, 0.2) is 0 Å². The van der Waals surface area contributed by atoms with Crippen LogP contribution in [-0.2, 0) is 16.1 Å². The largest absolute Gasteiger partial charge is 0.352 e. The smallest absolute Gasteiger partial charge is 0.225 e. The molecule has 0 saturated carbocycles. The zero-order valence-corrected chi connectivity index (χ0v) is 16.6. The van der Waals surface area contributed by atoms with Gasteiger partial charge in [0.25, 0.3) is 0 Å². The Bertz CT molecular complexity index is 633. The molecule has 0 aliphatic carbocycles. The van der Waals surface area contributed by atoms with E-state index in [1.165, 1.54) is 12.1 Å². The second-order valence-electron chi connectivity index (χ2n) is 7.52. The van der Waals surface area contributed by atoms with Gasteiger partial charge in [-0.2, -0.15) is 0 Å². The van der Waals surface area contributed by atoms with Gasteiger partial charge >= 0.3 is 0 Å². The van der Waals surface area contributed by atoms with Crippen LogP contribution in [0.15, 0.2) is 24.3 Å². The highest BCUT2D eigenvalue weighted by molar-refractivity contribution is 5.85. The summed E-state index contributed by atoms with van der Waals surface area (Å²) < 4.78 is 12.9. The Morgan fingerprint density at radius 1 is 1.15 bits per heavy atom. The average molecular weight is 398 g/mol. The highest BCUT2D eigenvalue weighted by atomic mass is 35.5. The standard InChI is InChI=1S/C20H28FN3O2.ClH/c1-14-12-17(6-9-22-14)20(26)24-10-7-16(8-11-24)19(25)23-13-15-2-4-18(21)5-3-15;/h2-5,14,16-17,22H,6-13H2,1H3,(H,23,25);1H/t14-,17-;/m0./s1. The third-order valence-corrected chi connectivity index (χ3v) is 5.53. The number of rotatable bonds is 4. The molecule has 0 radical (unpaired) electrons. The van der Waals surface area contributed by atoms with Gasteiger partial charge in [0.05, 0.1) is 0 Å². The number of piperidine rings is 2. The minimum atomic E-state index is -0.278. The Hall–Kier alpha value is -1.66. The maximum absolute atomic E-state index is 12.9. The zero-order valence-electron chi connectivity index (χ0n) is 15.7. The number of benzene rings is 1. The number of likely N-dealkylation sites (tertiary alicyclic amines) is 1. The molecule has 0 bridgehead atoms. The van der Waals surface area contributed by atoms with Gasteiger partial charge < -0.3 is 15.5 Å². The van der Waals surface area contributed by atoms with Gasteiger partial charge in [0.2, 0.25) is 11.8 Å². The SMILES string of the molecule is C[C@H]1C[C@@H](C(=O)N2CCC(C(=O)NCc3ccc(F)cc3)CC2)CCN1.Cl. The first kappa shape index (κ1) is 21.6. The molecule has 1 aromatic rings. The van der Waals surface area contributed by atoms with E-state index in [0.29, 0.717) is 38.5 Å². The van der Waals surface area contributed by atoms with E-state index in [1.807, 2.05) is 4.90 Å². The maximum Gasteiger partial charge on any atom is 0.225 e. The van der Waals surface area contributed by atoms with E-state index in [1.54, 1.807) is 12.1 Å². The Labute approximate surface area is 166 Å². The van der Waals surface area contributed by atoms with Crippen LogP contribution in [0.2, 0.25) is 0 Å². The Morgan fingerprint density at radius 3 is 2.44 bits per heavy atom. The molecule has 2 N–H and O–H groups in total. The molecule has 2 heterocycles. The van der Waals surface area contributed by atoms with Crippen LogP contribution < -0.4 is 10.6 Å². The van der Waals surface area contributed by atoms with Crippen molar-refractivity contribution in [1.82, 2.24) is 15.5 Å². The molecule has 0 spiro atoms. The molecule has 0 aromatic heterocycles. The van der Waals surface area contributed by atoms with E-state index < -0.39 is 0 Å². The third-order valence-electron chi connectivity index (χ3n) is 5.53. The second kappa shape index (κ2) is 10.0. The number of hydrogen-bond donors (Lipinski definition) is 2. The molecular formula is C20H29ClFN3O2. The summed E-state index contributed by atoms with van der Waals surface area (Å²) in [7, 11) is 0. The monoisotopic (exact) mass is 397 g/mol. The molecular weight excluding hydrogens is 369 g/mol.